The first-order valence-electron chi connectivity index (χ1n) is 8.05. The van der Waals surface area contributed by atoms with Crippen molar-refractivity contribution in [2.75, 3.05) is 27.3 Å². The zero-order valence-electron chi connectivity index (χ0n) is 14.5. The van der Waals surface area contributed by atoms with Crippen LogP contribution in [0, 0.1) is 0 Å². The largest absolute Gasteiger partial charge is 0.493 e. The van der Waals surface area contributed by atoms with Crippen LogP contribution in [0.15, 0.2) is 42.5 Å². The SMILES string of the molecule is COc1ccc(CCNC(=O)CNCc2ccccc2Cl)cc1OC. The molecule has 0 atom stereocenters. The first-order chi connectivity index (χ1) is 12.1. The van der Waals surface area contributed by atoms with Gasteiger partial charge in [0.1, 0.15) is 0 Å². The molecule has 0 saturated carbocycles. The lowest BCUT2D eigenvalue weighted by Crippen LogP contribution is -2.34. The molecule has 2 N–H and O–H groups in total. The molecule has 0 fully saturated rings. The molecule has 0 heterocycles. The lowest BCUT2D eigenvalue weighted by Gasteiger charge is -2.10. The fourth-order valence-corrected chi connectivity index (χ4v) is 2.60. The van der Waals surface area contributed by atoms with E-state index in [2.05, 4.69) is 10.6 Å². The number of amides is 1. The van der Waals surface area contributed by atoms with Gasteiger partial charge in [-0.1, -0.05) is 35.9 Å². The maximum atomic E-state index is 11.9. The Morgan fingerprint density at radius 2 is 1.84 bits per heavy atom. The van der Waals surface area contributed by atoms with Crippen molar-refractivity contribution in [3.05, 3.63) is 58.6 Å². The minimum Gasteiger partial charge on any atom is -0.493 e. The monoisotopic (exact) mass is 362 g/mol. The number of methoxy groups -OCH3 is 2. The van der Waals surface area contributed by atoms with Crippen molar-refractivity contribution in [3.63, 3.8) is 0 Å². The van der Waals surface area contributed by atoms with E-state index in [0.29, 0.717) is 29.6 Å². The number of hydrogen-bond donors (Lipinski definition) is 2. The van der Waals surface area contributed by atoms with Crippen molar-refractivity contribution in [3.8, 4) is 11.5 Å². The fraction of sp³-hybridized carbons (Fsp3) is 0.316. The molecular weight excluding hydrogens is 340 g/mol. The number of rotatable bonds is 9. The Kier molecular flexibility index (Phi) is 7.57. The molecule has 0 spiro atoms. The van der Waals surface area contributed by atoms with Crippen LogP contribution in [0.3, 0.4) is 0 Å². The summed E-state index contributed by atoms with van der Waals surface area (Å²) < 4.78 is 10.5. The smallest absolute Gasteiger partial charge is 0.233 e. The Balaban J connectivity index is 1.71. The van der Waals surface area contributed by atoms with Crippen LogP contribution in [-0.4, -0.2) is 33.2 Å². The molecule has 2 aromatic carbocycles. The van der Waals surface area contributed by atoms with Gasteiger partial charge < -0.3 is 20.1 Å². The molecule has 2 rings (SSSR count). The van der Waals surface area contributed by atoms with Crippen LogP contribution >= 0.6 is 11.6 Å². The lowest BCUT2D eigenvalue weighted by molar-refractivity contribution is -0.120. The predicted octanol–water partition coefficient (Wildman–Crippen LogP) is 2.81. The minimum atomic E-state index is -0.0486. The third-order valence-electron chi connectivity index (χ3n) is 3.74. The van der Waals surface area contributed by atoms with Crippen molar-refractivity contribution in [2.24, 2.45) is 0 Å². The topological polar surface area (TPSA) is 59.6 Å². The highest BCUT2D eigenvalue weighted by atomic mass is 35.5. The number of ether oxygens (including phenoxy) is 2. The van der Waals surface area contributed by atoms with Gasteiger partial charge in [0.2, 0.25) is 5.91 Å². The van der Waals surface area contributed by atoms with Crippen molar-refractivity contribution in [1.82, 2.24) is 10.6 Å². The summed E-state index contributed by atoms with van der Waals surface area (Å²) in [4.78, 5) is 11.9. The predicted molar refractivity (Wildman–Crippen MR) is 99.4 cm³/mol. The molecule has 25 heavy (non-hydrogen) atoms. The minimum absolute atomic E-state index is 0.0486. The third kappa shape index (κ3) is 5.96. The number of carbonyl (C=O) groups is 1. The van der Waals surface area contributed by atoms with Gasteiger partial charge in [0, 0.05) is 18.1 Å². The van der Waals surface area contributed by atoms with E-state index in [1.807, 2.05) is 42.5 Å². The molecule has 6 heteroatoms. The first-order valence-corrected chi connectivity index (χ1v) is 8.43. The summed E-state index contributed by atoms with van der Waals surface area (Å²) in [5.74, 6) is 1.33. The molecule has 0 aliphatic carbocycles. The van der Waals surface area contributed by atoms with Crippen LogP contribution in [0.25, 0.3) is 0 Å². The zero-order valence-corrected chi connectivity index (χ0v) is 15.2. The van der Waals surface area contributed by atoms with Crippen LogP contribution < -0.4 is 20.1 Å². The molecule has 0 aliphatic rings. The average molecular weight is 363 g/mol. The molecule has 0 saturated heterocycles. The third-order valence-corrected chi connectivity index (χ3v) is 4.11. The van der Waals surface area contributed by atoms with E-state index < -0.39 is 0 Å². The molecular formula is C19H23ClN2O3. The summed E-state index contributed by atoms with van der Waals surface area (Å²) in [7, 11) is 3.21. The summed E-state index contributed by atoms with van der Waals surface area (Å²) in [5, 5.41) is 6.68. The van der Waals surface area contributed by atoms with E-state index in [4.69, 9.17) is 21.1 Å². The van der Waals surface area contributed by atoms with E-state index in [1.54, 1.807) is 14.2 Å². The van der Waals surface area contributed by atoms with Gasteiger partial charge in [-0.05, 0) is 35.7 Å². The second kappa shape index (κ2) is 9.91. The number of halogens is 1. The number of carbonyl (C=O) groups excluding carboxylic acids is 1. The van der Waals surface area contributed by atoms with E-state index in [0.717, 1.165) is 17.5 Å². The Morgan fingerprint density at radius 3 is 2.56 bits per heavy atom. The molecule has 0 radical (unpaired) electrons. The Morgan fingerprint density at radius 1 is 1.08 bits per heavy atom. The lowest BCUT2D eigenvalue weighted by atomic mass is 10.1. The highest BCUT2D eigenvalue weighted by Crippen LogP contribution is 2.27. The van der Waals surface area contributed by atoms with Gasteiger partial charge in [-0.3, -0.25) is 4.79 Å². The average Bonchev–Trinajstić information content (AvgIpc) is 2.63. The van der Waals surface area contributed by atoms with Crippen LogP contribution in [0.5, 0.6) is 11.5 Å². The summed E-state index contributed by atoms with van der Waals surface area (Å²) in [5.41, 5.74) is 2.05. The Hall–Kier alpha value is -2.24. The molecule has 1 amide bonds. The summed E-state index contributed by atoms with van der Waals surface area (Å²) in [6, 6.07) is 13.3. The van der Waals surface area contributed by atoms with E-state index in [9.17, 15) is 4.79 Å². The maximum Gasteiger partial charge on any atom is 0.233 e. The van der Waals surface area contributed by atoms with Crippen molar-refractivity contribution in [1.29, 1.82) is 0 Å². The van der Waals surface area contributed by atoms with Gasteiger partial charge in [0.05, 0.1) is 20.8 Å². The van der Waals surface area contributed by atoms with Gasteiger partial charge in [0.15, 0.2) is 11.5 Å². The van der Waals surface area contributed by atoms with Gasteiger partial charge in [-0.2, -0.15) is 0 Å². The summed E-state index contributed by atoms with van der Waals surface area (Å²) >= 11 is 6.08. The van der Waals surface area contributed by atoms with Crippen molar-refractivity contribution in [2.45, 2.75) is 13.0 Å². The van der Waals surface area contributed by atoms with Crippen LogP contribution in [-0.2, 0) is 17.8 Å². The van der Waals surface area contributed by atoms with E-state index in [-0.39, 0.29) is 12.5 Å². The Bertz CT molecular complexity index is 707. The summed E-state index contributed by atoms with van der Waals surface area (Å²) in [6.45, 7) is 1.36. The molecule has 0 unspecified atom stereocenters. The normalized spacial score (nSPS) is 10.4. The second-order valence-corrected chi connectivity index (χ2v) is 5.89. The van der Waals surface area contributed by atoms with Crippen LogP contribution in [0.1, 0.15) is 11.1 Å². The number of nitrogens with one attached hydrogen (secondary N) is 2. The molecule has 0 aromatic heterocycles. The van der Waals surface area contributed by atoms with Gasteiger partial charge in [-0.15, -0.1) is 0 Å². The quantitative estimate of drug-likeness (QED) is 0.720. The van der Waals surface area contributed by atoms with Crippen molar-refractivity contribution >= 4 is 17.5 Å². The van der Waals surface area contributed by atoms with Crippen LogP contribution in [0.4, 0.5) is 0 Å². The molecule has 5 nitrogen and oxygen atoms in total. The number of hydrogen-bond acceptors (Lipinski definition) is 4. The van der Waals surface area contributed by atoms with E-state index in [1.165, 1.54) is 0 Å². The highest BCUT2D eigenvalue weighted by molar-refractivity contribution is 6.31. The molecule has 134 valence electrons. The molecule has 0 bridgehead atoms. The number of benzene rings is 2. The van der Waals surface area contributed by atoms with Gasteiger partial charge in [-0.25, -0.2) is 0 Å². The first kappa shape index (κ1) is 19.1. The maximum absolute atomic E-state index is 11.9. The fourth-order valence-electron chi connectivity index (χ4n) is 2.40. The van der Waals surface area contributed by atoms with Crippen LogP contribution in [0.2, 0.25) is 5.02 Å². The van der Waals surface area contributed by atoms with E-state index >= 15 is 0 Å². The Labute approximate surface area is 153 Å². The second-order valence-electron chi connectivity index (χ2n) is 5.48. The van der Waals surface area contributed by atoms with Gasteiger partial charge in [0.25, 0.3) is 0 Å². The molecule has 2 aromatic rings. The molecule has 0 aliphatic heterocycles. The van der Waals surface area contributed by atoms with Crippen molar-refractivity contribution < 1.29 is 14.3 Å². The summed E-state index contributed by atoms with van der Waals surface area (Å²) in [6.07, 6.45) is 0.719. The standard InChI is InChI=1S/C19H23ClN2O3/c1-24-17-8-7-14(11-18(17)25-2)9-10-22-19(23)13-21-12-15-5-3-4-6-16(15)20/h3-8,11,21H,9-10,12-13H2,1-2H3,(H,22,23). The van der Waals surface area contributed by atoms with Gasteiger partial charge >= 0.3 is 0 Å². The highest BCUT2D eigenvalue weighted by Gasteiger charge is 2.06. The zero-order chi connectivity index (χ0) is 18.1.